The molecule has 6 heteroatoms. The van der Waals surface area contributed by atoms with Crippen LogP contribution in [0.2, 0.25) is 0 Å². The molecule has 0 radical (unpaired) electrons. The fraction of sp³-hybridized carbons (Fsp3) is 0.250. The summed E-state index contributed by atoms with van der Waals surface area (Å²) in [6.45, 7) is 0. The van der Waals surface area contributed by atoms with Crippen LogP contribution in [0.1, 0.15) is 5.56 Å². The van der Waals surface area contributed by atoms with E-state index in [0.29, 0.717) is 5.56 Å². The number of benzene rings is 1. The first-order valence-corrected chi connectivity index (χ1v) is 7.77. The summed E-state index contributed by atoms with van der Waals surface area (Å²) in [5, 5.41) is 0. The van der Waals surface area contributed by atoms with E-state index >= 15 is 0 Å². The zero-order valence-electron chi connectivity index (χ0n) is 7.44. The molecule has 3 nitrogen and oxygen atoms in total. The third-order valence-electron chi connectivity index (χ3n) is 1.59. The first kappa shape index (κ1) is 11.7. The van der Waals surface area contributed by atoms with Gasteiger partial charge in [-0.25, -0.2) is 8.42 Å². The Morgan fingerprint density at radius 1 is 1.36 bits per heavy atom. The molecule has 0 aliphatic rings. The zero-order valence-corrected chi connectivity index (χ0v) is 9.82. The minimum Gasteiger partial charge on any atom is -0.260 e. The van der Waals surface area contributed by atoms with E-state index in [2.05, 4.69) is 0 Å². The van der Waals surface area contributed by atoms with E-state index in [9.17, 15) is 12.6 Å². The van der Waals surface area contributed by atoms with Crippen molar-refractivity contribution in [2.45, 2.75) is 10.6 Å². The minimum atomic E-state index is -3.74. The van der Waals surface area contributed by atoms with Gasteiger partial charge in [0.2, 0.25) is 0 Å². The lowest BCUT2D eigenvalue weighted by Gasteiger charge is -2.03. The SMILES string of the molecule is CS(=O)Cc1ccccc1S(=O)(=O)Cl. The van der Waals surface area contributed by atoms with Gasteiger partial charge in [-0.15, -0.1) is 0 Å². The summed E-state index contributed by atoms with van der Waals surface area (Å²) in [5.74, 6) is 0.197. The van der Waals surface area contributed by atoms with E-state index in [-0.39, 0.29) is 10.6 Å². The van der Waals surface area contributed by atoms with Gasteiger partial charge in [-0.2, -0.15) is 0 Å². The molecule has 0 aliphatic heterocycles. The third kappa shape index (κ3) is 3.08. The van der Waals surface area contributed by atoms with Crippen LogP contribution in [0.15, 0.2) is 29.2 Å². The van der Waals surface area contributed by atoms with Crippen LogP contribution in [0.3, 0.4) is 0 Å². The summed E-state index contributed by atoms with van der Waals surface area (Å²) in [6.07, 6.45) is 1.51. The molecule has 1 aromatic rings. The van der Waals surface area contributed by atoms with Crippen LogP contribution in [0, 0.1) is 0 Å². The molecule has 14 heavy (non-hydrogen) atoms. The third-order valence-corrected chi connectivity index (χ3v) is 3.73. The fourth-order valence-corrected chi connectivity index (χ4v) is 3.01. The Hall–Kier alpha value is -0.390. The van der Waals surface area contributed by atoms with Gasteiger partial charge < -0.3 is 0 Å². The molecular weight excluding hydrogens is 244 g/mol. The molecule has 1 aromatic carbocycles. The van der Waals surface area contributed by atoms with E-state index < -0.39 is 19.9 Å². The van der Waals surface area contributed by atoms with Gasteiger partial charge in [0, 0.05) is 33.5 Å². The lowest BCUT2D eigenvalue weighted by molar-refractivity contribution is 0.609. The molecule has 0 spiro atoms. The average molecular weight is 253 g/mol. The summed E-state index contributed by atoms with van der Waals surface area (Å²) >= 11 is 0. The molecule has 0 amide bonds. The lowest BCUT2D eigenvalue weighted by atomic mass is 10.2. The Kier molecular flexibility index (Phi) is 3.69. The summed E-state index contributed by atoms with van der Waals surface area (Å²) in [4.78, 5) is 0.0388. The molecule has 0 bridgehead atoms. The summed E-state index contributed by atoms with van der Waals surface area (Å²) in [6, 6.07) is 6.28. The van der Waals surface area contributed by atoms with Gasteiger partial charge in [-0.3, -0.25) is 4.21 Å². The van der Waals surface area contributed by atoms with E-state index in [4.69, 9.17) is 10.7 Å². The Balaban J connectivity index is 3.23. The molecule has 0 saturated carbocycles. The molecular formula is C8H9ClO3S2. The Morgan fingerprint density at radius 2 is 1.93 bits per heavy atom. The first-order valence-electron chi connectivity index (χ1n) is 3.74. The molecule has 0 heterocycles. The van der Waals surface area contributed by atoms with Crippen LogP contribution in [-0.2, 0) is 25.6 Å². The van der Waals surface area contributed by atoms with Gasteiger partial charge in [0.05, 0.1) is 4.90 Å². The van der Waals surface area contributed by atoms with Gasteiger partial charge in [0.1, 0.15) is 0 Å². The second kappa shape index (κ2) is 4.42. The maximum absolute atomic E-state index is 11.1. The summed E-state index contributed by atoms with van der Waals surface area (Å²) in [5.41, 5.74) is 0.489. The second-order valence-corrected chi connectivity index (χ2v) is 6.73. The molecule has 0 saturated heterocycles. The number of hydrogen-bond acceptors (Lipinski definition) is 3. The predicted octanol–water partition coefficient (Wildman–Crippen LogP) is 1.49. The fourth-order valence-electron chi connectivity index (χ4n) is 1.08. The molecule has 78 valence electrons. The molecule has 0 N–H and O–H groups in total. The molecule has 0 aromatic heterocycles. The van der Waals surface area contributed by atoms with Crippen LogP contribution >= 0.6 is 10.7 Å². The largest absolute Gasteiger partial charge is 0.261 e. The van der Waals surface area contributed by atoms with Crippen molar-refractivity contribution in [1.29, 1.82) is 0 Å². The van der Waals surface area contributed by atoms with Crippen molar-refractivity contribution in [2.75, 3.05) is 6.26 Å². The quantitative estimate of drug-likeness (QED) is 0.766. The molecule has 0 aliphatic carbocycles. The van der Waals surface area contributed by atoms with E-state index in [1.165, 1.54) is 12.3 Å². The lowest BCUT2D eigenvalue weighted by Crippen LogP contribution is -2.00. The monoisotopic (exact) mass is 252 g/mol. The van der Waals surface area contributed by atoms with Crippen LogP contribution in [0.5, 0.6) is 0 Å². The van der Waals surface area contributed by atoms with Crippen molar-refractivity contribution in [2.24, 2.45) is 0 Å². The van der Waals surface area contributed by atoms with Crippen LogP contribution in [0.4, 0.5) is 0 Å². The second-order valence-electron chi connectivity index (χ2n) is 2.76. The standard InChI is InChI=1S/C8H9ClO3S2/c1-13(10)6-7-4-2-3-5-8(7)14(9,11)12/h2-5H,6H2,1H3. The van der Waals surface area contributed by atoms with Crippen molar-refractivity contribution in [3.8, 4) is 0 Å². The van der Waals surface area contributed by atoms with Gasteiger partial charge in [0.15, 0.2) is 0 Å². The van der Waals surface area contributed by atoms with Crippen LogP contribution in [0.25, 0.3) is 0 Å². The van der Waals surface area contributed by atoms with E-state index in [0.717, 1.165) is 0 Å². The highest BCUT2D eigenvalue weighted by Gasteiger charge is 2.15. The van der Waals surface area contributed by atoms with Gasteiger partial charge in [-0.05, 0) is 11.6 Å². The van der Waals surface area contributed by atoms with Crippen molar-refractivity contribution >= 4 is 30.5 Å². The molecule has 1 rings (SSSR count). The Bertz CT molecular complexity index is 453. The average Bonchev–Trinajstić information content (AvgIpc) is 2.01. The highest BCUT2D eigenvalue weighted by Crippen LogP contribution is 2.20. The molecule has 1 unspecified atom stereocenters. The Morgan fingerprint density at radius 3 is 2.43 bits per heavy atom. The van der Waals surface area contributed by atoms with Crippen LogP contribution in [-0.4, -0.2) is 18.9 Å². The molecule has 1 atom stereocenters. The molecule has 0 fully saturated rings. The summed E-state index contributed by atoms with van der Waals surface area (Å²) < 4.78 is 33.2. The van der Waals surface area contributed by atoms with Gasteiger partial charge >= 0.3 is 0 Å². The first-order chi connectivity index (χ1) is 6.41. The van der Waals surface area contributed by atoms with Crippen LogP contribution < -0.4 is 0 Å². The predicted molar refractivity (Wildman–Crippen MR) is 57.3 cm³/mol. The number of halogens is 1. The number of hydrogen-bond donors (Lipinski definition) is 0. The topological polar surface area (TPSA) is 51.2 Å². The van der Waals surface area contributed by atoms with E-state index in [1.807, 2.05) is 0 Å². The maximum Gasteiger partial charge on any atom is 0.261 e. The van der Waals surface area contributed by atoms with Crippen molar-refractivity contribution in [3.63, 3.8) is 0 Å². The Labute approximate surface area is 90.0 Å². The van der Waals surface area contributed by atoms with Gasteiger partial charge in [0.25, 0.3) is 9.05 Å². The van der Waals surface area contributed by atoms with Crippen molar-refractivity contribution in [1.82, 2.24) is 0 Å². The summed E-state index contributed by atoms with van der Waals surface area (Å²) in [7, 11) is 0.394. The smallest absolute Gasteiger partial charge is 0.260 e. The highest BCUT2D eigenvalue weighted by molar-refractivity contribution is 8.13. The van der Waals surface area contributed by atoms with E-state index in [1.54, 1.807) is 18.2 Å². The van der Waals surface area contributed by atoms with Crippen molar-refractivity contribution in [3.05, 3.63) is 29.8 Å². The number of rotatable bonds is 3. The maximum atomic E-state index is 11.1. The zero-order chi connectivity index (χ0) is 10.8. The highest BCUT2D eigenvalue weighted by atomic mass is 35.7. The normalized spacial score (nSPS) is 13.9. The van der Waals surface area contributed by atoms with Gasteiger partial charge in [-0.1, -0.05) is 18.2 Å². The minimum absolute atomic E-state index is 0.0388. The van der Waals surface area contributed by atoms with Crippen molar-refractivity contribution < 1.29 is 12.6 Å².